The third-order valence-electron chi connectivity index (χ3n) is 1.58. The lowest BCUT2D eigenvalue weighted by molar-refractivity contribution is 0.112. The van der Waals surface area contributed by atoms with E-state index in [0.29, 0.717) is 11.8 Å². The Kier molecular flexibility index (Phi) is 1.36. The van der Waals surface area contributed by atoms with Crippen LogP contribution in [0.2, 0.25) is 0 Å². The molecule has 0 saturated carbocycles. The Morgan fingerprint density at radius 3 is 3.00 bits per heavy atom. The molecule has 0 bridgehead atoms. The van der Waals surface area contributed by atoms with Gasteiger partial charge in [0.25, 0.3) is 0 Å². The van der Waals surface area contributed by atoms with E-state index in [1.807, 2.05) is 0 Å². The third-order valence-corrected chi connectivity index (χ3v) is 1.58. The normalized spacial score (nSPS) is 10.4. The van der Waals surface area contributed by atoms with Gasteiger partial charge in [0, 0.05) is 0 Å². The molecular formula is C7H4FN3O. The van der Waals surface area contributed by atoms with Crippen LogP contribution in [0.15, 0.2) is 12.1 Å². The van der Waals surface area contributed by atoms with E-state index in [0.717, 1.165) is 0 Å². The largest absolute Gasteiger partial charge is 0.298 e. The van der Waals surface area contributed by atoms with Crippen molar-refractivity contribution in [2.75, 3.05) is 0 Å². The number of aldehydes is 1. The van der Waals surface area contributed by atoms with Crippen LogP contribution in [0.4, 0.5) is 4.39 Å². The van der Waals surface area contributed by atoms with Gasteiger partial charge >= 0.3 is 0 Å². The van der Waals surface area contributed by atoms with Crippen molar-refractivity contribution >= 4 is 17.3 Å². The standard InChI is InChI=1S/C7H4FN3O/c8-6-4(3-12)1-2-5-7(6)10-11-9-5/h1-3H,(H,9,10,11). The van der Waals surface area contributed by atoms with E-state index in [1.54, 1.807) is 0 Å². The second kappa shape index (κ2) is 2.37. The van der Waals surface area contributed by atoms with Crippen LogP contribution < -0.4 is 0 Å². The number of carbonyl (C=O) groups is 1. The summed E-state index contributed by atoms with van der Waals surface area (Å²) in [6, 6.07) is 2.90. The monoisotopic (exact) mass is 165 g/mol. The highest BCUT2D eigenvalue weighted by Crippen LogP contribution is 2.14. The van der Waals surface area contributed by atoms with E-state index in [-0.39, 0.29) is 11.1 Å². The SMILES string of the molecule is O=Cc1ccc2n[nH]nc2c1F. The van der Waals surface area contributed by atoms with Crippen molar-refractivity contribution < 1.29 is 9.18 Å². The van der Waals surface area contributed by atoms with Crippen molar-refractivity contribution in [1.29, 1.82) is 0 Å². The zero-order valence-corrected chi connectivity index (χ0v) is 5.91. The first-order chi connectivity index (χ1) is 5.83. The van der Waals surface area contributed by atoms with Gasteiger partial charge in [-0.05, 0) is 12.1 Å². The molecule has 0 aliphatic carbocycles. The van der Waals surface area contributed by atoms with Gasteiger partial charge in [-0.1, -0.05) is 0 Å². The quantitative estimate of drug-likeness (QED) is 0.639. The predicted molar refractivity (Wildman–Crippen MR) is 39.2 cm³/mol. The van der Waals surface area contributed by atoms with Crippen molar-refractivity contribution in [3.8, 4) is 0 Å². The fraction of sp³-hybridized carbons (Fsp3) is 0. The van der Waals surface area contributed by atoms with E-state index >= 15 is 0 Å². The summed E-state index contributed by atoms with van der Waals surface area (Å²) in [5.41, 5.74) is 0.508. The smallest absolute Gasteiger partial charge is 0.163 e. The molecule has 4 nitrogen and oxygen atoms in total. The Morgan fingerprint density at radius 2 is 2.25 bits per heavy atom. The van der Waals surface area contributed by atoms with Crippen LogP contribution in [0, 0.1) is 5.82 Å². The number of aromatic nitrogens is 3. The topological polar surface area (TPSA) is 58.6 Å². The van der Waals surface area contributed by atoms with Crippen LogP contribution in [0.1, 0.15) is 10.4 Å². The van der Waals surface area contributed by atoms with Gasteiger partial charge in [0.15, 0.2) is 12.1 Å². The Morgan fingerprint density at radius 1 is 1.42 bits per heavy atom. The molecule has 0 fully saturated rings. The Hall–Kier alpha value is -1.78. The summed E-state index contributed by atoms with van der Waals surface area (Å²) in [4.78, 5) is 10.3. The molecule has 0 atom stereocenters. The molecule has 0 aliphatic rings. The maximum absolute atomic E-state index is 13.1. The highest BCUT2D eigenvalue weighted by molar-refractivity contribution is 5.84. The maximum atomic E-state index is 13.1. The summed E-state index contributed by atoms with van der Waals surface area (Å²) in [6.07, 6.45) is 0.448. The van der Waals surface area contributed by atoms with E-state index in [9.17, 15) is 9.18 Å². The number of nitrogens with one attached hydrogen (secondary N) is 1. The highest BCUT2D eigenvalue weighted by Gasteiger charge is 2.08. The minimum absolute atomic E-state index is 0.00333. The second-order valence-electron chi connectivity index (χ2n) is 2.28. The first-order valence-electron chi connectivity index (χ1n) is 3.27. The lowest BCUT2D eigenvalue weighted by Crippen LogP contribution is -1.88. The molecular weight excluding hydrogens is 161 g/mol. The number of H-pyrrole nitrogens is 1. The minimum Gasteiger partial charge on any atom is -0.298 e. The molecule has 1 aromatic heterocycles. The zero-order chi connectivity index (χ0) is 8.55. The third kappa shape index (κ3) is 0.795. The van der Waals surface area contributed by atoms with Gasteiger partial charge in [-0.3, -0.25) is 4.79 Å². The number of nitrogens with zero attached hydrogens (tertiary/aromatic N) is 2. The Balaban J connectivity index is 2.86. The number of halogens is 1. The van der Waals surface area contributed by atoms with Crippen LogP contribution in [-0.2, 0) is 0 Å². The first kappa shape index (κ1) is 6.90. The Bertz CT molecular complexity index is 437. The summed E-state index contributed by atoms with van der Waals surface area (Å²) >= 11 is 0. The van der Waals surface area contributed by atoms with Crippen molar-refractivity contribution in [2.24, 2.45) is 0 Å². The van der Waals surface area contributed by atoms with Crippen LogP contribution in [0.3, 0.4) is 0 Å². The average Bonchev–Trinajstić information content (AvgIpc) is 2.53. The van der Waals surface area contributed by atoms with Gasteiger partial charge in [0.1, 0.15) is 11.0 Å². The number of hydrogen-bond donors (Lipinski definition) is 1. The molecule has 0 amide bonds. The molecule has 0 aliphatic heterocycles. The van der Waals surface area contributed by atoms with Gasteiger partial charge in [0.2, 0.25) is 0 Å². The highest BCUT2D eigenvalue weighted by atomic mass is 19.1. The molecule has 0 unspecified atom stereocenters. The second-order valence-corrected chi connectivity index (χ2v) is 2.28. The van der Waals surface area contributed by atoms with Crippen LogP contribution in [-0.4, -0.2) is 21.7 Å². The number of carbonyl (C=O) groups excluding carboxylic acids is 1. The molecule has 2 rings (SSSR count). The maximum Gasteiger partial charge on any atom is 0.163 e. The van der Waals surface area contributed by atoms with Gasteiger partial charge in [-0.25, -0.2) is 4.39 Å². The van der Waals surface area contributed by atoms with E-state index in [1.165, 1.54) is 12.1 Å². The number of benzene rings is 1. The number of hydrogen-bond acceptors (Lipinski definition) is 3. The van der Waals surface area contributed by atoms with Crippen molar-refractivity contribution in [3.05, 3.63) is 23.5 Å². The minimum atomic E-state index is -0.628. The summed E-state index contributed by atoms with van der Waals surface area (Å²) in [6.45, 7) is 0. The molecule has 1 aromatic carbocycles. The van der Waals surface area contributed by atoms with Gasteiger partial charge in [-0.15, -0.1) is 0 Å². The van der Waals surface area contributed by atoms with E-state index in [2.05, 4.69) is 15.4 Å². The molecule has 1 heterocycles. The van der Waals surface area contributed by atoms with E-state index < -0.39 is 5.82 Å². The summed E-state index contributed by atoms with van der Waals surface area (Å²) in [5.74, 6) is -0.628. The molecule has 60 valence electrons. The molecule has 0 radical (unpaired) electrons. The number of fused-ring (bicyclic) bond motifs is 1. The first-order valence-corrected chi connectivity index (χ1v) is 3.27. The summed E-state index contributed by atoms with van der Waals surface area (Å²) < 4.78 is 13.1. The fourth-order valence-electron chi connectivity index (χ4n) is 0.986. The number of rotatable bonds is 1. The van der Waals surface area contributed by atoms with Crippen molar-refractivity contribution in [3.63, 3.8) is 0 Å². The zero-order valence-electron chi connectivity index (χ0n) is 5.91. The molecule has 12 heavy (non-hydrogen) atoms. The van der Waals surface area contributed by atoms with Crippen LogP contribution in [0.5, 0.6) is 0 Å². The summed E-state index contributed by atoms with van der Waals surface area (Å²) in [5, 5.41) is 9.49. The van der Waals surface area contributed by atoms with Gasteiger partial charge in [0.05, 0.1) is 5.56 Å². The van der Waals surface area contributed by atoms with Crippen molar-refractivity contribution in [2.45, 2.75) is 0 Å². The summed E-state index contributed by atoms with van der Waals surface area (Å²) in [7, 11) is 0. The van der Waals surface area contributed by atoms with E-state index in [4.69, 9.17) is 0 Å². The van der Waals surface area contributed by atoms with Gasteiger partial charge < -0.3 is 0 Å². The van der Waals surface area contributed by atoms with Gasteiger partial charge in [-0.2, -0.15) is 15.4 Å². The Labute approximate surface area is 66.4 Å². The van der Waals surface area contributed by atoms with Crippen molar-refractivity contribution in [1.82, 2.24) is 15.4 Å². The van der Waals surface area contributed by atoms with Crippen LogP contribution in [0.25, 0.3) is 11.0 Å². The predicted octanol–water partition coefficient (Wildman–Crippen LogP) is 0.909. The molecule has 5 heteroatoms. The lowest BCUT2D eigenvalue weighted by Gasteiger charge is -1.91. The lowest BCUT2D eigenvalue weighted by atomic mass is 10.2. The number of aromatic amines is 1. The molecule has 2 aromatic rings. The molecule has 0 saturated heterocycles. The molecule has 0 spiro atoms. The van der Waals surface area contributed by atoms with Crippen LogP contribution >= 0.6 is 0 Å². The fourth-order valence-corrected chi connectivity index (χ4v) is 0.986. The average molecular weight is 165 g/mol. The molecule has 1 N–H and O–H groups in total.